The first-order valence-electron chi connectivity index (χ1n) is 3.44. The van der Waals surface area contributed by atoms with Gasteiger partial charge in [0.15, 0.2) is 0 Å². The van der Waals surface area contributed by atoms with Gasteiger partial charge in [-0.05, 0) is 0 Å². The van der Waals surface area contributed by atoms with Crippen molar-refractivity contribution in [2.75, 3.05) is 0 Å². The van der Waals surface area contributed by atoms with Gasteiger partial charge in [-0.3, -0.25) is 0 Å². The van der Waals surface area contributed by atoms with Crippen molar-refractivity contribution in [3.05, 3.63) is 29.8 Å². The summed E-state index contributed by atoms with van der Waals surface area (Å²) in [5.41, 5.74) is 1.39. The summed E-state index contributed by atoms with van der Waals surface area (Å²) in [6, 6.07) is 8.32. The fourth-order valence-electron chi connectivity index (χ4n) is 1.25. The molecule has 0 spiro atoms. The average Bonchev–Trinajstić information content (AvgIpc) is 2.27. The summed E-state index contributed by atoms with van der Waals surface area (Å²) in [5, 5.41) is 0. The van der Waals surface area contributed by atoms with Crippen LogP contribution in [-0.2, 0) is 32.5 Å². The van der Waals surface area contributed by atoms with Crippen LogP contribution < -0.4 is 4.74 Å². The fraction of sp³-hybridized carbons (Fsp3) is 0.250. The van der Waals surface area contributed by atoms with Gasteiger partial charge in [0.2, 0.25) is 0 Å². The van der Waals surface area contributed by atoms with Crippen LogP contribution in [0.3, 0.4) is 0 Å². The van der Waals surface area contributed by atoms with Gasteiger partial charge in [0.25, 0.3) is 0 Å². The van der Waals surface area contributed by atoms with Crippen LogP contribution >= 0.6 is 0 Å². The zero-order chi connectivity index (χ0) is 6.97. The van der Waals surface area contributed by atoms with Gasteiger partial charge >= 0.3 is 76.5 Å². The van der Waals surface area contributed by atoms with Crippen LogP contribution in [0, 0.1) is 0 Å². The van der Waals surface area contributed by atoms with E-state index in [0.29, 0.717) is 3.61 Å². The molecule has 0 amide bonds. The Morgan fingerprint density at radius 1 is 1.40 bits per heavy atom. The molecular formula is C8H7HgO. The molecule has 0 saturated carbocycles. The normalized spacial score (nSPS) is 22.0. The summed E-state index contributed by atoms with van der Waals surface area (Å²) in [6.45, 7) is 0. The van der Waals surface area contributed by atoms with Gasteiger partial charge in [0, 0.05) is 0 Å². The molecule has 0 fully saturated rings. The Labute approximate surface area is 76.4 Å². The minimum atomic E-state index is 0.567. The van der Waals surface area contributed by atoms with E-state index in [1.165, 1.54) is 5.56 Å². The van der Waals surface area contributed by atoms with Crippen LogP contribution in [0.4, 0.5) is 0 Å². The van der Waals surface area contributed by atoms with E-state index >= 15 is 0 Å². The SMILES string of the molecule is [Hg][CH]1Cc2ccccc2O1. The van der Waals surface area contributed by atoms with Gasteiger partial charge in [-0.15, -0.1) is 0 Å². The molecule has 47 valence electrons. The van der Waals surface area contributed by atoms with E-state index in [1.807, 2.05) is 6.07 Å². The third-order valence-electron chi connectivity index (χ3n) is 1.71. The number of benzene rings is 1. The van der Waals surface area contributed by atoms with E-state index in [9.17, 15) is 0 Å². The Hall–Kier alpha value is -0.0449. The van der Waals surface area contributed by atoms with E-state index in [2.05, 4.69) is 18.2 Å². The van der Waals surface area contributed by atoms with Crippen molar-refractivity contribution in [3.63, 3.8) is 0 Å². The first-order chi connectivity index (χ1) is 4.86. The molecule has 0 radical (unpaired) electrons. The first-order valence-corrected chi connectivity index (χ1v) is 6.61. The first kappa shape index (κ1) is 6.65. The molecular weight excluding hydrogens is 313 g/mol. The van der Waals surface area contributed by atoms with Crippen molar-refractivity contribution >= 4 is 0 Å². The number of fused-ring (bicyclic) bond motifs is 1. The summed E-state index contributed by atoms with van der Waals surface area (Å²) in [6.07, 6.45) is 1.15. The zero-order valence-electron chi connectivity index (χ0n) is 5.71. The monoisotopic (exact) mass is 321 g/mol. The molecule has 1 heterocycles. The molecule has 0 N–H and O–H groups in total. The number of ether oxygens (including phenoxy) is 1. The van der Waals surface area contributed by atoms with Crippen molar-refractivity contribution < 1.29 is 30.9 Å². The van der Waals surface area contributed by atoms with Crippen molar-refractivity contribution in [2.24, 2.45) is 0 Å². The zero-order valence-corrected chi connectivity index (χ0v) is 11.2. The molecule has 2 heteroatoms. The van der Waals surface area contributed by atoms with Gasteiger partial charge in [-0.1, -0.05) is 0 Å². The molecule has 10 heavy (non-hydrogen) atoms. The van der Waals surface area contributed by atoms with E-state index in [-0.39, 0.29) is 0 Å². The van der Waals surface area contributed by atoms with Gasteiger partial charge in [0.1, 0.15) is 0 Å². The molecule has 0 aromatic heterocycles. The molecule has 1 atom stereocenters. The number of rotatable bonds is 0. The van der Waals surface area contributed by atoms with E-state index < -0.39 is 0 Å². The Morgan fingerprint density at radius 2 is 2.20 bits per heavy atom. The van der Waals surface area contributed by atoms with E-state index in [1.54, 1.807) is 0 Å². The third-order valence-corrected chi connectivity index (χ3v) is 3.48. The van der Waals surface area contributed by atoms with E-state index in [4.69, 9.17) is 4.74 Å². The van der Waals surface area contributed by atoms with Crippen LogP contribution in [0.5, 0.6) is 5.75 Å². The molecule has 0 saturated heterocycles. The maximum atomic E-state index is 5.59. The number of hydrogen-bond donors (Lipinski definition) is 0. The summed E-state index contributed by atoms with van der Waals surface area (Å²) in [7, 11) is 0. The maximum absolute atomic E-state index is 5.59. The van der Waals surface area contributed by atoms with Crippen LogP contribution in [-0.4, -0.2) is 3.61 Å². The minimum absolute atomic E-state index is 0.567. The Balaban J connectivity index is 2.42. The average molecular weight is 320 g/mol. The van der Waals surface area contributed by atoms with Crippen molar-refractivity contribution in [1.29, 1.82) is 0 Å². The fourth-order valence-corrected chi connectivity index (χ4v) is 3.16. The third kappa shape index (κ3) is 1.07. The van der Waals surface area contributed by atoms with Crippen molar-refractivity contribution in [1.82, 2.24) is 0 Å². The van der Waals surface area contributed by atoms with Gasteiger partial charge in [-0.2, -0.15) is 0 Å². The Kier molecular flexibility index (Phi) is 1.69. The molecule has 1 unspecified atom stereocenters. The van der Waals surface area contributed by atoms with Crippen molar-refractivity contribution in [3.8, 4) is 5.75 Å². The quantitative estimate of drug-likeness (QED) is 0.659. The van der Waals surface area contributed by atoms with Crippen LogP contribution in [0.25, 0.3) is 0 Å². The molecule has 1 aliphatic rings. The van der Waals surface area contributed by atoms with Gasteiger partial charge in [0.05, 0.1) is 0 Å². The summed E-state index contributed by atoms with van der Waals surface area (Å²) < 4.78 is 6.16. The van der Waals surface area contributed by atoms with E-state index in [0.717, 1.165) is 38.3 Å². The second-order valence-corrected chi connectivity index (χ2v) is 6.09. The number of para-hydroxylation sites is 1. The molecule has 1 aliphatic heterocycles. The molecule has 2 rings (SSSR count). The van der Waals surface area contributed by atoms with Crippen molar-refractivity contribution in [2.45, 2.75) is 10.0 Å². The standard InChI is InChI=1S/C8H7O.Hg/c1-2-4-8-7(3-1)5-6-9-8;/h1-4,6H,5H2;. The summed E-state index contributed by atoms with van der Waals surface area (Å²) in [4.78, 5) is 0. The molecule has 0 aliphatic carbocycles. The van der Waals surface area contributed by atoms with Crippen LogP contribution in [0.2, 0.25) is 0 Å². The molecule has 1 aromatic rings. The Morgan fingerprint density at radius 3 is 3.00 bits per heavy atom. The van der Waals surface area contributed by atoms with Gasteiger partial charge in [-0.25, -0.2) is 0 Å². The predicted molar refractivity (Wildman–Crippen MR) is 34.6 cm³/mol. The second kappa shape index (κ2) is 2.53. The second-order valence-electron chi connectivity index (χ2n) is 2.55. The summed E-state index contributed by atoms with van der Waals surface area (Å²) in [5.74, 6) is 1.11. The summed E-state index contributed by atoms with van der Waals surface area (Å²) >= 11 is 0.750. The topological polar surface area (TPSA) is 9.23 Å². The Bertz CT molecular complexity index is 222. The number of hydrogen-bond acceptors (Lipinski definition) is 1. The molecule has 0 bridgehead atoms. The molecule has 1 nitrogen and oxygen atoms in total. The van der Waals surface area contributed by atoms with Gasteiger partial charge < -0.3 is 0 Å². The van der Waals surface area contributed by atoms with Crippen LogP contribution in [0.15, 0.2) is 24.3 Å². The van der Waals surface area contributed by atoms with Crippen LogP contribution in [0.1, 0.15) is 5.56 Å². The predicted octanol–water partition coefficient (Wildman–Crippen LogP) is 1.49. The molecule has 1 aromatic carbocycles.